The van der Waals surface area contributed by atoms with E-state index in [4.69, 9.17) is 4.74 Å². The van der Waals surface area contributed by atoms with Crippen molar-refractivity contribution in [2.45, 2.75) is 19.9 Å². The minimum atomic E-state index is -0.514. The van der Waals surface area contributed by atoms with Gasteiger partial charge in [0.25, 0.3) is 0 Å². The zero-order chi connectivity index (χ0) is 22.5. The average Bonchev–Trinajstić information content (AvgIpc) is 2.80. The molecule has 1 aliphatic rings. The fourth-order valence-electron chi connectivity index (χ4n) is 3.76. The van der Waals surface area contributed by atoms with Crippen molar-refractivity contribution < 1.29 is 18.7 Å². The Kier molecular flexibility index (Phi) is 6.30. The van der Waals surface area contributed by atoms with Crippen molar-refractivity contribution in [1.82, 2.24) is 4.98 Å². The van der Waals surface area contributed by atoms with Gasteiger partial charge >= 0.3 is 12.0 Å². The zero-order valence-corrected chi connectivity index (χ0v) is 17.6. The van der Waals surface area contributed by atoms with Gasteiger partial charge in [0.15, 0.2) is 0 Å². The molecule has 0 aliphatic carbocycles. The van der Waals surface area contributed by atoms with Crippen molar-refractivity contribution in [3.8, 4) is 0 Å². The lowest BCUT2D eigenvalue weighted by Gasteiger charge is -2.31. The third-order valence-electron chi connectivity index (χ3n) is 5.22. The molecule has 2 aromatic carbocycles. The first kappa shape index (κ1) is 21.3. The Morgan fingerprint density at radius 2 is 1.84 bits per heavy atom. The van der Waals surface area contributed by atoms with Gasteiger partial charge in [0.1, 0.15) is 17.2 Å². The lowest BCUT2D eigenvalue weighted by Crippen LogP contribution is -2.33. The lowest BCUT2D eigenvalue weighted by atomic mass is 9.97. The number of esters is 1. The van der Waals surface area contributed by atoms with Gasteiger partial charge in [-0.15, -0.1) is 0 Å². The topological polar surface area (TPSA) is 83.6 Å². The molecule has 2 amide bonds. The van der Waals surface area contributed by atoms with Crippen molar-refractivity contribution >= 4 is 29.2 Å². The molecule has 2 N–H and O–H groups in total. The number of para-hydroxylation sites is 1. The number of nitrogens with one attached hydrogen (secondary N) is 2. The van der Waals surface area contributed by atoms with Gasteiger partial charge in [-0.2, -0.15) is 0 Å². The van der Waals surface area contributed by atoms with Crippen LogP contribution in [-0.2, 0) is 17.7 Å². The van der Waals surface area contributed by atoms with Gasteiger partial charge in [0, 0.05) is 25.0 Å². The second-order valence-electron chi connectivity index (χ2n) is 7.27. The fraction of sp³-hybridized carbons (Fsp3) is 0.208. The molecular weight excluding hydrogens is 411 g/mol. The van der Waals surface area contributed by atoms with Crippen molar-refractivity contribution in [2.75, 3.05) is 28.7 Å². The summed E-state index contributed by atoms with van der Waals surface area (Å²) in [6.45, 7) is 3.20. The highest BCUT2D eigenvalue weighted by Gasteiger charge is 2.24. The van der Waals surface area contributed by atoms with E-state index in [2.05, 4.69) is 15.6 Å². The summed E-state index contributed by atoms with van der Waals surface area (Å²) >= 11 is 0. The smallest absolute Gasteiger partial charge is 0.341 e. The zero-order valence-electron chi connectivity index (χ0n) is 17.6. The van der Waals surface area contributed by atoms with E-state index in [0.29, 0.717) is 43.2 Å². The second kappa shape index (κ2) is 9.47. The van der Waals surface area contributed by atoms with Crippen molar-refractivity contribution in [3.63, 3.8) is 0 Å². The number of benzene rings is 2. The van der Waals surface area contributed by atoms with Crippen LogP contribution in [0.5, 0.6) is 0 Å². The number of nitrogens with zero attached hydrogens (tertiary/aromatic N) is 2. The van der Waals surface area contributed by atoms with E-state index in [1.54, 1.807) is 37.4 Å². The van der Waals surface area contributed by atoms with Crippen molar-refractivity contribution in [2.24, 2.45) is 0 Å². The highest BCUT2D eigenvalue weighted by atomic mass is 19.1. The number of anilines is 3. The van der Waals surface area contributed by atoms with Crippen molar-refractivity contribution in [1.29, 1.82) is 0 Å². The minimum Gasteiger partial charge on any atom is -0.462 e. The Hall–Kier alpha value is -3.94. The standard InChI is InChI=1S/C24H23FN4O3/c1-2-32-23(30)18-8-6-13-26-22(18)29-14-12-17-16(15-29)7-5-11-20(17)27-24(31)28-21-10-4-3-9-19(21)25/h3-11,13H,2,12,14-15H2,1H3,(H2,27,28,31). The maximum atomic E-state index is 13.8. The van der Waals surface area contributed by atoms with Crippen LogP contribution in [-0.4, -0.2) is 30.1 Å². The van der Waals surface area contributed by atoms with E-state index in [-0.39, 0.29) is 5.69 Å². The normalized spacial score (nSPS) is 12.6. The van der Waals surface area contributed by atoms with Crippen LogP contribution in [0.2, 0.25) is 0 Å². The largest absolute Gasteiger partial charge is 0.462 e. The lowest BCUT2D eigenvalue weighted by molar-refractivity contribution is 0.0526. The summed E-state index contributed by atoms with van der Waals surface area (Å²) in [5, 5.41) is 5.36. The van der Waals surface area contributed by atoms with Crippen LogP contribution < -0.4 is 15.5 Å². The molecule has 1 aromatic heterocycles. The van der Waals surface area contributed by atoms with Gasteiger partial charge in [0.2, 0.25) is 0 Å². The fourth-order valence-corrected chi connectivity index (χ4v) is 3.76. The molecule has 3 aromatic rings. The number of rotatable bonds is 5. The Bertz CT molecular complexity index is 1150. The first-order chi connectivity index (χ1) is 15.6. The van der Waals surface area contributed by atoms with Crippen LogP contribution in [0.3, 0.4) is 0 Å². The third-order valence-corrected chi connectivity index (χ3v) is 5.22. The van der Waals surface area contributed by atoms with Crippen LogP contribution in [0, 0.1) is 5.82 Å². The summed E-state index contributed by atoms with van der Waals surface area (Å²) in [5.41, 5.74) is 3.23. The molecule has 1 aliphatic heterocycles. The number of carbonyl (C=O) groups is 2. The molecule has 0 saturated carbocycles. The maximum absolute atomic E-state index is 13.8. The summed E-state index contributed by atoms with van der Waals surface area (Å²) in [5.74, 6) is -0.324. The van der Waals surface area contributed by atoms with Crippen LogP contribution in [0.1, 0.15) is 28.4 Å². The van der Waals surface area contributed by atoms with E-state index in [0.717, 1.165) is 11.1 Å². The number of fused-ring (bicyclic) bond motifs is 1. The van der Waals surface area contributed by atoms with Crippen LogP contribution in [0.15, 0.2) is 60.8 Å². The third kappa shape index (κ3) is 4.54. The second-order valence-corrected chi connectivity index (χ2v) is 7.27. The van der Waals surface area contributed by atoms with Gasteiger partial charge in [-0.3, -0.25) is 0 Å². The van der Waals surface area contributed by atoms with Gasteiger partial charge in [0.05, 0.1) is 12.3 Å². The number of hydrogen-bond donors (Lipinski definition) is 2. The molecule has 0 bridgehead atoms. The van der Waals surface area contributed by atoms with E-state index >= 15 is 0 Å². The molecule has 8 heteroatoms. The van der Waals surface area contributed by atoms with Crippen LogP contribution in [0.4, 0.5) is 26.4 Å². The number of pyridine rings is 1. The molecule has 164 valence electrons. The Morgan fingerprint density at radius 1 is 1.06 bits per heavy atom. The summed E-state index contributed by atoms with van der Waals surface area (Å²) in [7, 11) is 0. The first-order valence-corrected chi connectivity index (χ1v) is 10.4. The number of urea groups is 1. The van der Waals surface area contributed by atoms with Gasteiger partial charge in [-0.25, -0.2) is 19.0 Å². The minimum absolute atomic E-state index is 0.114. The molecular formula is C24H23FN4O3. The molecule has 4 rings (SSSR count). The molecule has 32 heavy (non-hydrogen) atoms. The number of amides is 2. The first-order valence-electron chi connectivity index (χ1n) is 10.4. The number of carbonyl (C=O) groups excluding carboxylic acids is 2. The molecule has 0 spiro atoms. The van der Waals surface area contributed by atoms with Gasteiger partial charge in [-0.1, -0.05) is 24.3 Å². The number of ether oxygens (including phenoxy) is 1. The predicted octanol–water partition coefficient (Wildman–Crippen LogP) is 4.60. The average molecular weight is 434 g/mol. The molecule has 0 unspecified atom stereocenters. The predicted molar refractivity (Wildman–Crippen MR) is 120 cm³/mol. The quantitative estimate of drug-likeness (QED) is 0.573. The highest BCUT2D eigenvalue weighted by molar-refractivity contribution is 6.00. The summed E-state index contributed by atoms with van der Waals surface area (Å²) < 4.78 is 19.0. The van der Waals surface area contributed by atoms with Crippen LogP contribution >= 0.6 is 0 Å². The van der Waals surface area contributed by atoms with E-state index in [1.807, 2.05) is 23.1 Å². The van der Waals surface area contributed by atoms with E-state index < -0.39 is 17.8 Å². The number of aromatic nitrogens is 1. The van der Waals surface area contributed by atoms with Crippen LogP contribution in [0.25, 0.3) is 0 Å². The molecule has 0 atom stereocenters. The van der Waals surface area contributed by atoms with Crippen molar-refractivity contribution in [3.05, 3.63) is 83.3 Å². The summed E-state index contributed by atoms with van der Waals surface area (Å²) in [4.78, 5) is 31.2. The van der Waals surface area contributed by atoms with Gasteiger partial charge in [-0.05, 0) is 54.8 Å². The Balaban J connectivity index is 1.52. The number of hydrogen-bond acceptors (Lipinski definition) is 5. The SMILES string of the molecule is CCOC(=O)c1cccnc1N1CCc2c(cccc2NC(=O)Nc2ccccc2F)C1. The molecule has 2 heterocycles. The molecule has 7 nitrogen and oxygen atoms in total. The summed E-state index contributed by atoms with van der Waals surface area (Å²) in [6.07, 6.45) is 2.29. The van der Waals surface area contributed by atoms with Gasteiger partial charge < -0.3 is 20.3 Å². The highest BCUT2D eigenvalue weighted by Crippen LogP contribution is 2.30. The molecule has 0 saturated heterocycles. The van der Waals surface area contributed by atoms with E-state index in [9.17, 15) is 14.0 Å². The molecule has 0 radical (unpaired) electrons. The van der Waals surface area contributed by atoms with E-state index in [1.165, 1.54) is 12.1 Å². The maximum Gasteiger partial charge on any atom is 0.341 e. The summed E-state index contributed by atoms with van der Waals surface area (Å²) in [6, 6.07) is 14.6. The number of halogens is 1. The Labute approximate surface area is 185 Å². The Morgan fingerprint density at radius 3 is 2.66 bits per heavy atom. The molecule has 0 fully saturated rings. The monoisotopic (exact) mass is 434 g/mol.